The van der Waals surface area contributed by atoms with Gasteiger partial charge >= 0.3 is 11.7 Å². The summed E-state index contributed by atoms with van der Waals surface area (Å²) in [7, 11) is 0. The lowest BCUT2D eigenvalue weighted by molar-refractivity contribution is -0.139. The minimum absolute atomic E-state index is 0.0208. The lowest BCUT2D eigenvalue weighted by Gasteiger charge is -2.07. The number of aliphatic carboxylic acids is 1. The minimum Gasteiger partial charge on any atom is -0.480 e. The van der Waals surface area contributed by atoms with Gasteiger partial charge in [0.25, 0.3) is 5.56 Å². The van der Waals surface area contributed by atoms with Crippen molar-refractivity contribution in [1.82, 2.24) is 9.97 Å². The molecule has 1 atom stereocenters. The molecule has 0 saturated carbocycles. The number of carbonyl (C=O) groups is 1. The van der Waals surface area contributed by atoms with E-state index in [2.05, 4.69) is 0 Å². The zero-order chi connectivity index (χ0) is 13.6. The van der Waals surface area contributed by atoms with E-state index in [0.29, 0.717) is 6.20 Å². The molecule has 1 aromatic rings. The van der Waals surface area contributed by atoms with E-state index in [1.807, 2.05) is 4.98 Å². The van der Waals surface area contributed by atoms with Crippen LogP contribution in [0.5, 0.6) is 0 Å². The van der Waals surface area contributed by atoms with Gasteiger partial charge in [-0.15, -0.1) is 0 Å². The Bertz CT molecular complexity index is 480. The first-order valence-electron chi connectivity index (χ1n) is 4.71. The number of nitrogens with two attached hydrogens (primary N) is 1. The molecule has 0 bridgehead atoms. The van der Waals surface area contributed by atoms with Crippen molar-refractivity contribution >= 4 is 5.97 Å². The third-order valence-electron chi connectivity index (χ3n) is 1.78. The maximum absolute atomic E-state index is 12.0. The second-order valence-electron chi connectivity index (χ2n) is 3.53. The molecule has 17 heavy (non-hydrogen) atoms. The molecule has 0 aliphatic rings. The van der Waals surface area contributed by atoms with Crippen LogP contribution in [0.4, 0.5) is 4.39 Å². The average molecular weight is 247 g/mol. The highest BCUT2D eigenvalue weighted by Gasteiger charge is 2.14. The molecular weight excluding hydrogens is 233 g/mol. The summed E-state index contributed by atoms with van der Waals surface area (Å²) in [5, 5.41) is 8.23. The maximum Gasteiger partial charge on any atom is 0.325 e. The summed E-state index contributed by atoms with van der Waals surface area (Å²) in [6.07, 6.45) is 0.709. The quantitative estimate of drug-likeness (QED) is 0.546. The lowest BCUT2D eigenvalue weighted by atomic mass is 10.1. The van der Waals surface area contributed by atoms with Gasteiger partial charge in [-0.05, 0) is 5.92 Å². The van der Waals surface area contributed by atoms with Gasteiger partial charge in [-0.25, -0.2) is 4.79 Å². The summed E-state index contributed by atoms with van der Waals surface area (Å²) in [4.78, 5) is 34.0. The third-order valence-corrected chi connectivity index (χ3v) is 1.78. The van der Waals surface area contributed by atoms with Gasteiger partial charge in [0, 0.05) is 6.20 Å². The van der Waals surface area contributed by atoms with Gasteiger partial charge in [0.1, 0.15) is 6.04 Å². The van der Waals surface area contributed by atoms with E-state index in [0.717, 1.165) is 0 Å². The van der Waals surface area contributed by atoms with Crippen LogP contribution in [0, 0.1) is 11.7 Å². The Hall–Kier alpha value is -1.96. The molecule has 0 aliphatic carbocycles. The van der Waals surface area contributed by atoms with Crippen molar-refractivity contribution < 1.29 is 14.3 Å². The van der Waals surface area contributed by atoms with Crippen LogP contribution in [0.25, 0.3) is 0 Å². The molecule has 0 fully saturated rings. The van der Waals surface area contributed by atoms with Gasteiger partial charge in [0.15, 0.2) is 0 Å². The van der Waals surface area contributed by atoms with Gasteiger partial charge < -0.3 is 15.8 Å². The summed E-state index contributed by atoms with van der Waals surface area (Å²) < 4.78 is 12.0. The van der Waals surface area contributed by atoms with Crippen LogP contribution in [0.2, 0.25) is 0 Å². The number of hydrogen-bond acceptors (Lipinski definition) is 4. The number of H-pyrrole nitrogens is 2. The first kappa shape index (κ1) is 15.0. The Labute approximate surface area is 95.5 Å². The fourth-order valence-electron chi connectivity index (χ4n) is 0.679. The van der Waals surface area contributed by atoms with Gasteiger partial charge in [0.05, 0.1) is 0 Å². The normalized spacial score (nSPS) is 11.6. The molecule has 0 aliphatic heterocycles. The van der Waals surface area contributed by atoms with E-state index in [4.69, 9.17) is 10.8 Å². The molecule has 0 radical (unpaired) electrons. The predicted molar refractivity (Wildman–Crippen MR) is 58.1 cm³/mol. The van der Waals surface area contributed by atoms with E-state index in [-0.39, 0.29) is 5.92 Å². The van der Waals surface area contributed by atoms with Gasteiger partial charge in [-0.2, -0.15) is 4.39 Å². The predicted octanol–water partition coefficient (Wildman–Crippen LogP) is -0.743. The Morgan fingerprint density at radius 2 is 2.00 bits per heavy atom. The van der Waals surface area contributed by atoms with Crippen LogP contribution in [0.15, 0.2) is 15.8 Å². The standard InChI is InChI=1S/C5H11NO2.C4H3FN2O2/c1-3(2)4(6)5(7)8;5-2-1-6-4(9)7-3(2)8/h3-4H,6H2,1-2H3,(H,7,8);1H,(H2,6,7,8,9)/t4-;/m0./s1. The summed E-state index contributed by atoms with van der Waals surface area (Å²) in [6, 6.07) is -0.713. The number of aromatic amines is 2. The van der Waals surface area contributed by atoms with E-state index < -0.39 is 29.1 Å². The van der Waals surface area contributed by atoms with Crippen molar-refractivity contribution in [3.05, 3.63) is 32.9 Å². The first-order valence-corrected chi connectivity index (χ1v) is 4.71. The minimum atomic E-state index is -1.00. The average Bonchev–Trinajstić information content (AvgIpc) is 2.23. The molecule has 0 spiro atoms. The van der Waals surface area contributed by atoms with Crippen LogP contribution >= 0.6 is 0 Å². The summed E-state index contributed by atoms with van der Waals surface area (Å²) in [5.74, 6) is -1.90. The van der Waals surface area contributed by atoms with Crippen LogP contribution in [0.3, 0.4) is 0 Å². The van der Waals surface area contributed by atoms with Crippen LogP contribution < -0.4 is 17.0 Å². The number of carboxylic acid groups (broad SMARTS) is 1. The topological polar surface area (TPSA) is 129 Å². The third kappa shape index (κ3) is 5.61. The Morgan fingerprint density at radius 1 is 1.47 bits per heavy atom. The fourth-order valence-corrected chi connectivity index (χ4v) is 0.679. The lowest BCUT2D eigenvalue weighted by Crippen LogP contribution is -2.34. The highest BCUT2D eigenvalue weighted by Crippen LogP contribution is 1.96. The number of nitrogens with one attached hydrogen (secondary N) is 2. The zero-order valence-electron chi connectivity index (χ0n) is 9.36. The van der Waals surface area contributed by atoms with Crippen molar-refractivity contribution in [2.75, 3.05) is 0 Å². The van der Waals surface area contributed by atoms with Crippen molar-refractivity contribution in [1.29, 1.82) is 0 Å². The molecule has 7 nitrogen and oxygen atoms in total. The molecule has 0 amide bonds. The molecule has 0 unspecified atom stereocenters. The van der Waals surface area contributed by atoms with Crippen LogP contribution in [0.1, 0.15) is 13.8 Å². The zero-order valence-corrected chi connectivity index (χ0v) is 9.36. The molecule has 0 aromatic carbocycles. The van der Waals surface area contributed by atoms with Crippen molar-refractivity contribution in [3.8, 4) is 0 Å². The Balaban J connectivity index is 0.000000304. The second kappa shape index (κ2) is 6.59. The first-order chi connectivity index (χ1) is 7.75. The monoisotopic (exact) mass is 247 g/mol. The molecule has 1 aromatic heterocycles. The molecule has 5 N–H and O–H groups in total. The highest BCUT2D eigenvalue weighted by atomic mass is 19.1. The van der Waals surface area contributed by atoms with Gasteiger partial charge in [-0.3, -0.25) is 14.6 Å². The van der Waals surface area contributed by atoms with E-state index in [1.165, 1.54) is 0 Å². The number of aromatic nitrogens is 2. The maximum atomic E-state index is 12.0. The smallest absolute Gasteiger partial charge is 0.325 e. The Kier molecular flexibility index (Phi) is 5.83. The van der Waals surface area contributed by atoms with Gasteiger partial charge in [0.2, 0.25) is 5.82 Å². The van der Waals surface area contributed by atoms with Crippen molar-refractivity contribution in [3.63, 3.8) is 0 Å². The summed E-state index contributed by atoms with van der Waals surface area (Å²) in [6.45, 7) is 3.55. The number of rotatable bonds is 2. The molecule has 8 heteroatoms. The van der Waals surface area contributed by atoms with Crippen molar-refractivity contribution in [2.45, 2.75) is 19.9 Å². The molecule has 96 valence electrons. The number of carboxylic acids is 1. The fraction of sp³-hybridized carbons (Fsp3) is 0.444. The SMILES string of the molecule is CC(C)[C@H](N)C(=O)O.O=c1[nH]cc(F)c(=O)[nH]1. The molecule has 1 heterocycles. The van der Waals surface area contributed by atoms with Crippen molar-refractivity contribution in [2.24, 2.45) is 11.7 Å². The van der Waals surface area contributed by atoms with Crippen LogP contribution in [-0.4, -0.2) is 27.1 Å². The molecule has 1 rings (SSSR count). The Morgan fingerprint density at radius 3 is 2.24 bits per heavy atom. The van der Waals surface area contributed by atoms with E-state index >= 15 is 0 Å². The van der Waals surface area contributed by atoms with E-state index in [1.54, 1.807) is 18.8 Å². The van der Waals surface area contributed by atoms with E-state index in [9.17, 15) is 18.8 Å². The number of hydrogen-bond donors (Lipinski definition) is 4. The van der Waals surface area contributed by atoms with Crippen LogP contribution in [-0.2, 0) is 4.79 Å². The molecule has 0 saturated heterocycles. The largest absolute Gasteiger partial charge is 0.480 e. The summed E-state index contributed by atoms with van der Waals surface area (Å²) in [5.41, 5.74) is 3.45. The second-order valence-corrected chi connectivity index (χ2v) is 3.53. The molecular formula is C9H14FN3O4. The number of halogens is 1. The van der Waals surface area contributed by atoms with Gasteiger partial charge in [-0.1, -0.05) is 13.8 Å². The summed E-state index contributed by atoms with van der Waals surface area (Å²) >= 11 is 0. The highest BCUT2D eigenvalue weighted by molar-refractivity contribution is 5.73.